The fourth-order valence-electron chi connectivity index (χ4n) is 17.9. The van der Waals surface area contributed by atoms with Crippen LogP contribution in [0.4, 0.5) is 0 Å². The van der Waals surface area contributed by atoms with Gasteiger partial charge in [0.1, 0.15) is 167 Å². The van der Waals surface area contributed by atoms with E-state index in [9.17, 15) is 90.7 Å². The summed E-state index contributed by atoms with van der Waals surface area (Å²) < 4.78 is 91.3. The number of nitrogens with two attached hydrogens (primary N) is 1. The highest BCUT2D eigenvalue weighted by Gasteiger charge is 2.53. The number of phenols is 4. The van der Waals surface area contributed by atoms with E-state index < -0.39 is 323 Å². The molecule has 24 N–H and O–H groups in total. The quantitative estimate of drug-likeness (QED) is 0.0254. The lowest BCUT2D eigenvalue weighted by Crippen LogP contribution is -2.65. The summed E-state index contributed by atoms with van der Waals surface area (Å²) in [5.41, 5.74) is 2.56. The number of aliphatic hydroxyl groups is 9. The van der Waals surface area contributed by atoms with Crippen LogP contribution in [-0.4, -0.2) is 249 Å². The number of fused-ring (bicyclic) bond motifs is 14. The van der Waals surface area contributed by atoms with Gasteiger partial charge in [0, 0.05) is 48.6 Å². The average Bonchev–Trinajstić information content (AvgIpc) is 0.738. The standard InChI is InChI=1S/C100H106Cl2N9O36P/c1-43(2)14-8-4-5-13-19-72(119)106-80-86(124)82(120)69(40-112)141-99(80)145-90-67-35-50-36-68(90)139-64-27-23-48(33-59(64)102)89(144-98-79(104-44(3)114)85(123)84(122)71(143-98)42-136-148(135,146-53-15-9-6-10-16-53)147-54-17-11-7-12-18-54)81-96(132)110-78(97(133)134)57-38-52(116)39-66(140-100-88(126)87(125)83(121)70(41-113)142-100)73(57)56-32-47(22-24-61(56)117)75(93(129)111-81)108-95(131)77(50)109-94(130)76-49-30-51(115)37-55(31-49)137-65-34-46(21-25-62(65)118)74(103)92(128)105-60(91(127)107-76)29-45-20-26-63(138-67)58(101)28-45/h6-7,9-12,15-18,20-28,30-39,43,60,69-71,74-89,98-100,112-113,115-118,120-126H,4-5,8,13-14,19,29,40-42,103H2,1-3H3,(H,104,114)(H,105,128)(H,106,119)(H,107,127)(H,108,131)(H,109,130)(H,110,132)(H,111,129)(H,133,134)/t60-,69-,70-,71-,74-,75-,76+,77-,78+,79-,80-,81+,82-,83-,84-,85-,86-,87+,88+,89-,98+,99+,100+/m1/s1. The van der Waals surface area contributed by atoms with Crippen molar-refractivity contribution in [2.75, 3.05) is 19.8 Å². The van der Waals surface area contributed by atoms with E-state index in [0.29, 0.717) is 18.8 Å². The molecule has 18 rings (SSSR count). The number of amides is 8. The van der Waals surface area contributed by atoms with Gasteiger partial charge in [0.05, 0.1) is 29.9 Å². The normalized spacial score (nSPS) is 27.1. The number of nitrogens with one attached hydrogen (secondary N) is 8. The van der Waals surface area contributed by atoms with Gasteiger partial charge in [-0.25, -0.2) is 9.36 Å². The average molecular weight is 2110 g/mol. The number of carbonyl (C=O) groups is 9. The summed E-state index contributed by atoms with van der Waals surface area (Å²) in [6, 6.07) is 14.8. The van der Waals surface area contributed by atoms with Crippen molar-refractivity contribution in [3.63, 3.8) is 0 Å². The number of halogens is 2. The lowest BCUT2D eigenvalue weighted by Gasteiger charge is -2.44. The van der Waals surface area contributed by atoms with Crippen molar-refractivity contribution in [1.82, 2.24) is 42.5 Å². The van der Waals surface area contributed by atoms with E-state index in [0.717, 1.165) is 111 Å². The van der Waals surface area contributed by atoms with E-state index in [4.69, 9.17) is 85.1 Å². The highest BCUT2D eigenvalue weighted by atomic mass is 35.5. The Balaban J connectivity index is 0.935. The third-order valence-corrected chi connectivity index (χ3v) is 27.4. The molecule has 0 spiro atoms. The smallest absolute Gasteiger partial charge is 0.508 e. The Labute approximate surface area is 851 Å². The second-order valence-corrected chi connectivity index (χ2v) is 38.9. The van der Waals surface area contributed by atoms with Gasteiger partial charge < -0.3 is 171 Å². The number of ether oxygens (including phenoxy) is 9. The maximum Gasteiger partial charge on any atom is 0.587 e. The van der Waals surface area contributed by atoms with Crippen LogP contribution in [-0.2, 0) is 77.6 Å². The Bertz CT molecular complexity index is 6480. The van der Waals surface area contributed by atoms with Crippen LogP contribution in [0.15, 0.2) is 176 Å². The van der Waals surface area contributed by atoms with Gasteiger partial charge in [0.2, 0.25) is 65.6 Å². The second kappa shape index (κ2) is 45.9. The van der Waals surface area contributed by atoms with E-state index in [2.05, 4.69) is 56.4 Å². The van der Waals surface area contributed by atoms with Gasteiger partial charge in [0.25, 0.3) is 0 Å². The summed E-state index contributed by atoms with van der Waals surface area (Å²) in [6.07, 6.45) is -27.2. The van der Waals surface area contributed by atoms with Crippen molar-refractivity contribution in [2.45, 2.75) is 206 Å². The Morgan fingerprint density at radius 3 is 1.68 bits per heavy atom. The van der Waals surface area contributed by atoms with Crippen molar-refractivity contribution in [2.24, 2.45) is 11.7 Å². The second-order valence-electron chi connectivity index (χ2n) is 36.6. The van der Waals surface area contributed by atoms with Gasteiger partial charge in [0.15, 0.2) is 35.3 Å². The first kappa shape index (κ1) is 107. The maximum absolute atomic E-state index is 17.3. The monoisotopic (exact) mass is 2110 g/mol. The van der Waals surface area contributed by atoms with Gasteiger partial charge in [-0.05, 0) is 149 Å². The molecule has 48 heteroatoms. The number of carboxylic acids is 1. The molecule has 9 heterocycles. The number of rotatable bonds is 25. The first-order valence-corrected chi connectivity index (χ1v) is 49.1. The number of carboxylic acid groups (broad SMARTS) is 1. The van der Waals surface area contributed by atoms with E-state index in [-0.39, 0.29) is 51.3 Å². The molecule has 148 heavy (non-hydrogen) atoms. The van der Waals surface area contributed by atoms with E-state index in [1.54, 1.807) is 12.1 Å². The lowest BCUT2D eigenvalue weighted by atomic mass is 9.89. The van der Waals surface area contributed by atoms with Crippen LogP contribution in [0.5, 0.6) is 80.5 Å². The molecular formula is C100H106Cl2N9O36P. The van der Waals surface area contributed by atoms with Crippen LogP contribution in [0.3, 0.4) is 0 Å². The van der Waals surface area contributed by atoms with Gasteiger partial charge in [-0.1, -0.05) is 123 Å². The number of phenolic OH excluding ortho intramolecular Hbond substituents is 4. The summed E-state index contributed by atoms with van der Waals surface area (Å²) in [5.74, 6) is -19.9. The maximum atomic E-state index is 17.3. The summed E-state index contributed by atoms with van der Waals surface area (Å²) in [6.45, 7) is 1.88. The first-order chi connectivity index (χ1) is 70.7. The number of carbonyl (C=O) groups excluding carboxylic acids is 8. The highest BCUT2D eigenvalue weighted by molar-refractivity contribution is 7.49. The molecule has 17 bridgehead atoms. The van der Waals surface area contributed by atoms with Crippen LogP contribution < -0.4 is 81.0 Å². The predicted molar refractivity (Wildman–Crippen MR) is 514 cm³/mol. The van der Waals surface area contributed by atoms with Crippen LogP contribution in [0, 0.1) is 5.92 Å². The summed E-state index contributed by atoms with van der Waals surface area (Å²) in [5, 5.41) is 183. The third kappa shape index (κ3) is 24.1. The fraction of sp³-hybridized carbons (Fsp3) is 0.370. The minimum atomic E-state index is -5.03. The van der Waals surface area contributed by atoms with Crippen molar-refractivity contribution < 1.29 is 175 Å². The molecular weight excluding hydrogens is 2010 g/mol. The Kier molecular flexibility index (Phi) is 33.2. The van der Waals surface area contributed by atoms with E-state index in [1.165, 1.54) is 78.9 Å². The van der Waals surface area contributed by atoms with Gasteiger partial charge in [-0.2, -0.15) is 0 Å². The number of hydrogen-bond donors (Lipinski definition) is 23. The minimum absolute atomic E-state index is 0.0151. The van der Waals surface area contributed by atoms with Crippen molar-refractivity contribution in [3.8, 4) is 91.6 Å². The highest BCUT2D eigenvalue weighted by Crippen LogP contribution is 2.54. The SMILES string of the molecule is CC(=O)N[C@H]1[C@H](O[C@@H]2c3ccc(c(Cl)c3)Oc3cc4cc(c3O[C@@H]3O[C@H](CO)[C@@H](O)[C@H](O)[C@H]3NC(=O)CCCCCCC(C)C)Oc3ccc(cc3Cl)C[C@H]3NC(=O)[C@H](N)c5ccc(O)c(c5)Oc5cc(O)cc(c5)[C@H](NC3=O)C(=O)N[C@H]4C(=O)N[C@H]3C(=O)N[C@@H]2C(=O)N[C@H](C(=O)O)c2cc(O)cc(O[C@H]4O[C@H](CO)[C@@H](O)[C@H](O)[C@@H]4O)c2-c2cc3ccc2O)O[C@H](COP(=O)(Oc2ccccc2)Oc2ccccc2)[C@@H](O)[C@@H]1O. The zero-order valence-electron chi connectivity index (χ0n) is 78.7. The Morgan fingerprint density at radius 1 is 0.500 bits per heavy atom. The summed E-state index contributed by atoms with van der Waals surface area (Å²) >= 11 is 14.9. The number of aliphatic carboxylic acids is 1. The molecule has 9 aromatic carbocycles. The van der Waals surface area contributed by atoms with Crippen LogP contribution >= 0.6 is 31.0 Å². The van der Waals surface area contributed by atoms with Crippen LogP contribution in [0.25, 0.3) is 11.1 Å². The zero-order valence-corrected chi connectivity index (χ0v) is 81.1. The number of benzene rings is 9. The molecule has 8 amide bonds. The van der Waals surface area contributed by atoms with Gasteiger partial charge >= 0.3 is 13.8 Å². The van der Waals surface area contributed by atoms with Gasteiger partial charge in [-0.15, -0.1) is 0 Å². The molecule has 9 aliphatic rings. The number of unbranched alkanes of at least 4 members (excludes halogenated alkanes) is 3. The summed E-state index contributed by atoms with van der Waals surface area (Å²) in [7, 11) is -5.03. The molecule has 23 atom stereocenters. The fourth-order valence-corrected chi connectivity index (χ4v) is 19.6. The lowest BCUT2D eigenvalue weighted by molar-refractivity contribution is -0.284. The molecule has 0 unspecified atom stereocenters. The first-order valence-electron chi connectivity index (χ1n) is 46.9. The number of para-hydroxylation sites is 2. The number of aliphatic hydroxyl groups excluding tert-OH is 9. The molecule has 0 aromatic heterocycles. The molecule has 0 radical (unpaired) electrons. The number of aromatic hydroxyl groups is 4. The van der Waals surface area contributed by atoms with Gasteiger partial charge in [-0.3, -0.25) is 42.9 Å². The number of phosphoric ester groups is 1. The van der Waals surface area contributed by atoms with E-state index in [1.807, 2.05) is 0 Å². The molecule has 3 saturated heterocycles. The van der Waals surface area contributed by atoms with Crippen molar-refractivity contribution in [3.05, 3.63) is 225 Å². The molecule has 9 aliphatic heterocycles. The van der Waals surface area contributed by atoms with Crippen molar-refractivity contribution >= 4 is 84.3 Å². The Hall–Kier alpha value is -13.8. The molecule has 0 aliphatic carbocycles. The van der Waals surface area contributed by atoms with Crippen LogP contribution in [0.1, 0.15) is 135 Å². The largest absolute Gasteiger partial charge is 0.587 e. The van der Waals surface area contributed by atoms with Crippen molar-refractivity contribution in [1.29, 1.82) is 0 Å². The van der Waals surface area contributed by atoms with Crippen LogP contribution in [0.2, 0.25) is 10.0 Å². The third-order valence-electron chi connectivity index (χ3n) is 25.5. The molecule has 9 aromatic rings. The van der Waals surface area contributed by atoms with E-state index >= 15 is 28.5 Å². The molecule has 45 nitrogen and oxygen atoms in total. The zero-order chi connectivity index (χ0) is 106. The predicted octanol–water partition coefficient (Wildman–Crippen LogP) is 5.31. The molecule has 3 fully saturated rings. The number of hydrogen-bond acceptors (Lipinski definition) is 36. The number of phosphoric acid groups is 1. The molecule has 0 saturated carbocycles. The minimum Gasteiger partial charge on any atom is -0.508 e. The topological polar surface area (TPSA) is 687 Å². The Morgan fingerprint density at radius 2 is 1.05 bits per heavy atom. The molecule has 786 valence electrons. The summed E-state index contributed by atoms with van der Waals surface area (Å²) in [4.78, 5) is 141.